The van der Waals surface area contributed by atoms with E-state index < -0.39 is 0 Å². The standard InChI is InChI=1S/C16H15FN2S/c1-20-16-4-2-3-15(14(16)11-18)19-10-9-12-5-7-13(17)8-6-12/h2-8,19H,9-10H2,1H3. The predicted molar refractivity (Wildman–Crippen MR) is 81.5 cm³/mol. The first kappa shape index (κ1) is 14.4. The number of halogens is 1. The molecule has 2 rings (SSSR count). The Kier molecular flexibility index (Phi) is 5.03. The first-order chi connectivity index (χ1) is 9.74. The smallest absolute Gasteiger partial charge is 0.123 e. The Morgan fingerprint density at radius 1 is 1.20 bits per heavy atom. The molecule has 2 aromatic carbocycles. The first-order valence-electron chi connectivity index (χ1n) is 6.30. The van der Waals surface area contributed by atoms with Gasteiger partial charge in [0.05, 0.1) is 11.3 Å². The van der Waals surface area contributed by atoms with Crippen LogP contribution in [0.1, 0.15) is 11.1 Å². The number of thioether (sulfide) groups is 1. The average Bonchev–Trinajstić information content (AvgIpc) is 2.49. The van der Waals surface area contributed by atoms with Crippen molar-refractivity contribution in [2.75, 3.05) is 18.1 Å². The van der Waals surface area contributed by atoms with Crippen molar-refractivity contribution < 1.29 is 4.39 Å². The summed E-state index contributed by atoms with van der Waals surface area (Å²) in [6, 6.07) is 14.5. The monoisotopic (exact) mass is 286 g/mol. The molecule has 0 saturated heterocycles. The molecule has 0 bridgehead atoms. The third-order valence-electron chi connectivity index (χ3n) is 3.00. The van der Waals surface area contributed by atoms with Crippen LogP contribution in [0.3, 0.4) is 0 Å². The van der Waals surface area contributed by atoms with Crippen LogP contribution in [0.15, 0.2) is 47.4 Å². The quantitative estimate of drug-likeness (QED) is 0.841. The maximum absolute atomic E-state index is 12.8. The van der Waals surface area contributed by atoms with Crippen molar-refractivity contribution in [3.8, 4) is 6.07 Å². The molecule has 20 heavy (non-hydrogen) atoms. The van der Waals surface area contributed by atoms with Crippen molar-refractivity contribution in [1.29, 1.82) is 5.26 Å². The zero-order chi connectivity index (χ0) is 14.4. The summed E-state index contributed by atoms with van der Waals surface area (Å²) < 4.78 is 12.8. The summed E-state index contributed by atoms with van der Waals surface area (Å²) in [6.07, 6.45) is 2.74. The molecule has 2 aromatic rings. The van der Waals surface area contributed by atoms with Crippen molar-refractivity contribution in [2.45, 2.75) is 11.3 Å². The molecule has 0 aliphatic heterocycles. The minimum atomic E-state index is -0.221. The number of rotatable bonds is 5. The number of nitrogens with zero attached hydrogens (tertiary/aromatic N) is 1. The van der Waals surface area contributed by atoms with Gasteiger partial charge in [-0.15, -0.1) is 11.8 Å². The molecule has 102 valence electrons. The van der Waals surface area contributed by atoms with Crippen LogP contribution in [0.2, 0.25) is 0 Å². The van der Waals surface area contributed by atoms with Gasteiger partial charge in [-0.3, -0.25) is 0 Å². The Morgan fingerprint density at radius 3 is 2.60 bits per heavy atom. The van der Waals surface area contributed by atoms with E-state index in [2.05, 4.69) is 11.4 Å². The summed E-state index contributed by atoms with van der Waals surface area (Å²) in [5.74, 6) is -0.221. The number of hydrogen-bond donors (Lipinski definition) is 1. The van der Waals surface area contributed by atoms with Crippen LogP contribution in [0.25, 0.3) is 0 Å². The number of anilines is 1. The topological polar surface area (TPSA) is 35.8 Å². The van der Waals surface area contributed by atoms with Crippen molar-refractivity contribution >= 4 is 17.4 Å². The van der Waals surface area contributed by atoms with Gasteiger partial charge in [-0.25, -0.2) is 4.39 Å². The number of nitriles is 1. The summed E-state index contributed by atoms with van der Waals surface area (Å²) in [5, 5.41) is 12.5. The second kappa shape index (κ2) is 6.97. The Balaban J connectivity index is 2.01. The van der Waals surface area contributed by atoms with Gasteiger partial charge in [-0.05, 0) is 42.5 Å². The maximum Gasteiger partial charge on any atom is 0.123 e. The van der Waals surface area contributed by atoms with Gasteiger partial charge in [0.25, 0.3) is 0 Å². The minimum Gasteiger partial charge on any atom is -0.384 e. The number of hydrogen-bond acceptors (Lipinski definition) is 3. The van der Waals surface area contributed by atoms with Gasteiger partial charge in [-0.2, -0.15) is 5.26 Å². The second-order valence-electron chi connectivity index (χ2n) is 4.30. The average molecular weight is 286 g/mol. The maximum atomic E-state index is 12.8. The highest BCUT2D eigenvalue weighted by Gasteiger charge is 2.06. The summed E-state index contributed by atoms with van der Waals surface area (Å²) in [4.78, 5) is 0.972. The zero-order valence-corrected chi connectivity index (χ0v) is 12.0. The molecule has 0 saturated carbocycles. The van der Waals surface area contributed by atoms with E-state index in [4.69, 9.17) is 0 Å². The normalized spacial score (nSPS) is 10.1. The van der Waals surface area contributed by atoms with Crippen molar-refractivity contribution in [1.82, 2.24) is 0 Å². The SMILES string of the molecule is CSc1cccc(NCCc2ccc(F)cc2)c1C#N. The van der Waals surface area contributed by atoms with Crippen LogP contribution < -0.4 is 5.32 Å². The Morgan fingerprint density at radius 2 is 1.95 bits per heavy atom. The van der Waals surface area contributed by atoms with Gasteiger partial charge in [0.1, 0.15) is 11.9 Å². The molecule has 0 atom stereocenters. The minimum absolute atomic E-state index is 0.221. The lowest BCUT2D eigenvalue weighted by Crippen LogP contribution is -2.06. The van der Waals surface area contributed by atoms with Gasteiger partial charge in [0, 0.05) is 11.4 Å². The van der Waals surface area contributed by atoms with Crippen LogP contribution in [0, 0.1) is 17.1 Å². The highest BCUT2D eigenvalue weighted by molar-refractivity contribution is 7.98. The molecule has 0 spiro atoms. The fraction of sp³-hybridized carbons (Fsp3) is 0.188. The molecular weight excluding hydrogens is 271 g/mol. The van der Waals surface area contributed by atoms with E-state index in [-0.39, 0.29) is 5.82 Å². The Bertz CT molecular complexity index is 617. The molecule has 2 nitrogen and oxygen atoms in total. The Labute approximate surface area is 122 Å². The van der Waals surface area contributed by atoms with E-state index in [1.165, 1.54) is 12.1 Å². The van der Waals surface area contributed by atoms with Gasteiger partial charge in [0.15, 0.2) is 0 Å². The van der Waals surface area contributed by atoms with Crippen molar-refractivity contribution in [3.63, 3.8) is 0 Å². The van der Waals surface area contributed by atoms with Gasteiger partial charge in [0.2, 0.25) is 0 Å². The molecular formula is C16H15FN2S. The first-order valence-corrected chi connectivity index (χ1v) is 7.52. The summed E-state index contributed by atoms with van der Waals surface area (Å²) in [6.45, 7) is 0.706. The molecule has 1 N–H and O–H groups in total. The molecule has 0 fully saturated rings. The van der Waals surface area contributed by atoms with E-state index in [1.54, 1.807) is 23.9 Å². The molecule has 0 amide bonds. The summed E-state index contributed by atoms with van der Waals surface area (Å²) in [5.41, 5.74) is 2.60. The van der Waals surface area contributed by atoms with Gasteiger partial charge >= 0.3 is 0 Å². The number of benzene rings is 2. The van der Waals surface area contributed by atoms with Gasteiger partial charge in [-0.1, -0.05) is 18.2 Å². The lowest BCUT2D eigenvalue weighted by atomic mass is 10.1. The van der Waals surface area contributed by atoms with Gasteiger partial charge < -0.3 is 5.32 Å². The highest BCUT2D eigenvalue weighted by atomic mass is 32.2. The van der Waals surface area contributed by atoms with E-state index in [1.807, 2.05) is 24.5 Å². The fourth-order valence-corrected chi connectivity index (χ4v) is 2.53. The molecule has 0 aromatic heterocycles. The predicted octanol–water partition coefficient (Wildman–Crippen LogP) is 4.07. The van der Waals surface area contributed by atoms with Crippen LogP contribution in [-0.2, 0) is 6.42 Å². The van der Waals surface area contributed by atoms with Crippen LogP contribution in [0.5, 0.6) is 0 Å². The fourth-order valence-electron chi connectivity index (χ4n) is 1.96. The van der Waals surface area contributed by atoms with E-state index in [9.17, 15) is 9.65 Å². The molecule has 0 aliphatic rings. The molecule has 0 aliphatic carbocycles. The summed E-state index contributed by atoms with van der Waals surface area (Å²) in [7, 11) is 0. The highest BCUT2D eigenvalue weighted by Crippen LogP contribution is 2.26. The third-order valence-corrected chi connectivity index (χ3v) is 3.78. The second-order valence-corrected chi connectivity index (χ2v) is 5.15. The largest absolute Gasteiger partial charge is 0.384 e. The molecule has 0 radical (unpaired) electrons. The molecule has 0 unspecified atom stereocenters. The summed E-state index contributed by atoms with van der Waals surface area (Å²) >= 11 is 1.56. The van der Waals surface area contributed by atoms with Crippen LogP contribution in [0.4, 0.5) is 10.1 Å². The Hall–Kier alpha value is -1.99. The number of nitrogens with one attached hydrogen (secondary N) is 1. The van der Waals surface area contributed by atoms with E-state index >= 15 is 0 Å². The van der Waals surface area contributed by atoms with Crippen molar-refractivity contribution in [2.24, 2.45) is 0 Å². The van der Waals surface area contributed by atoms with Crippen molar-refractivity contribution in [3.05, 3.63) is 59.4 Å². The molecule has 0 heterocycles. The van der Waals surface area contributed by atoms with Crippen LogP contribution >= 0.6 is 11.8 Å². The third kappa shape index (κ3) is 3.52. The van der Waals surface area contributed by atoms with E-state index in [0.717, 1.165) is 22.6 Å². The lowest BCUT2D eigenvalue weighted by Gasteiger charge is -2.10. The molecule has 4 heteroatoms. The van der Waals surface area contributed by atoms with Crippen LogP contribution in [-0.4, -0.2) is 12.8 Å². The lowest BCUT2D eigenvalue weighted by molar-refractivity contribution is 0.627. The zero-order valence-electron chi connectivity index (χ0n) is 11.2. The van der Waals surface area contributed by atoms with E-state index in [0.29, 0.717) is 12.1 Å².